The number of hydrogen-bond donors (Lipinski definition) is 1. The zero-order valence-corrected chi connectivity index (χ0v) is 14.1. The highest BCUT2D eigenvalue weighted by Gasteiger charge is 2.14. The van der Waals surface area contributed by atoms with E-state index in [9.17, 15) is 0 Å². The normalized spacial score (nSPS) is 11.6. The topological polar surface area (TPSA) is 24.5 Å². The van der Waals surface area contributed by atoms with E-state index in [2.05, 4.69) is 48.3 Å². The lowest BCUT2D eigenvalue weighted by atomic mass is 10.1. The van der Waals surface area contributed by atoms with Gasteiger partial charge in [-0.2, -0.15) is 0 Å². The summed E-state index contributed by atoms with van der Waals surface area (Å²) in [7, 11) is 1.77. The van der Waals surface area contributed by atoms with Crippen LogP contribution in [0.15, 0.2) is 24.3 Å². The number of thiophene rings is 1. The molecule has 0 spiro atoms. The SMILES string of the molecule is CCNCc1sc2ccccc2c1CN(CC)CCOC. The second-order valence-corrected chi connectivity index (χ2v) is 6.28. The van der Waals surface area contributed by atoms with Crippen LogP contribution < -0.4 is 5.32 Å². The first-order chi connectivity index (χ1) is 10.3. The van der Waals surface area contributed by atoms with E-state index < -0.39 is 0 Å². The Balaban J connectivity index is 2.25. The molecule has 0 unspecified atom stereocenters. The maximum absolute atomic E-state index is 5.22. The van der Waals surface area contributed by atoms with Crippen LogP contribution >= 0.6 is 11.3 Å². The van der Waals surface area contributed by atoms with Gasteiger partial charge in [0, 0.05) is 36.3 Å². The van der Waals surface area contributed by atoms with Crippen LogP contribution in [0.3, 0.4) is 0 Å². The molecule has 0 atom stereocenters. The van der Waals surface area contributed by atoms with Gasteiger partial charge in [0.1, 0.15) is 0 Å². The van der Waals surface area contributed by atoms with E-state index in [0.29, 0.717) is 0 Å². The van der Waals surface area contributed by atoms with Gasteiger partial charge >= 0.3 is 0 Å². The Morgan fingerprint density at radius 1 is 1.24 bits per heavy atom. The van der Waals surface area contributed by atoms with Gasteiger partial charge in [0.25, 0.3) is 0 Å². The van der Waals surface area contributed by atoms with Gasteiger partial charge in [0.2, 0.25) is 0 Å². The largest absolute Gasteiger partial charge is 0.383 e. The fourth-order valence-electron chi connectivity index (χ4n) is 2.50. The van der Waals surface area contributed by atoms with E-state index in [-0.39, 0.29) is 0 Å². The lowest BCUT2D eigenvalue weighted by Gasteiger charge is -2.20. The summed E-state index contributed by atoms with van der Waals surface area (Å²) in [6.07, 6.45) is 0. The molecule has 0 aliphatic heterocycles. The van der Waals surface area contributed by atoms with Crippen LogP contribution in [0.25, 0.3) is 10.1 Å². The summed E-state index contributed by atoms with van der Waals surface area (Å²) >= 11 is 1.92. The Labute approximate surface area is 131 Å². The van der Waals surface area contributed by atoms with E-state index in [4.69, 9.17) is 4.74 Å². The number of fused-ring (bicyclic) bond motifs is 1. The van der Waals surface area contributed by atoms with Gasteiger partial charge in [0.15, 0.2) is 0 Å². The van der Waals surface area contributed by atoms with Crippen molar-refractivity contribution >= 4 is 21.4 Å². The van der Waals surface area contributed by atoms with Crippen molar-refractivity contribution in [1.82, 2.24) is 10.2 Å². The molecule has 21 heavy (non-hydrogen) atoms. The van der Waals surface area contributed by atoms with E-state index in [1.807, 2.05) is 11.3 Å². The average Bonchev–Trinajstić information content (AvgIpc) is 2.87. The summed E-state index contributed by atoms with van der Waals surface area (Å²) in [5, 5.41) is 4.88. The number of nitrogens with one attached hydrogen (secondary N) is 1. The fraction of sp³-hybridized carbons (Fsp3) is 0.529. The molecule has 1 aromatic carbocycles. The molecular formula is C17H26N2OS. The van der Waals surface area contributed by atoms with Crippen LogP contribution in [-0.4, -0.2) is 38.3 Å². The zero-order chi connectivity index (χ0) is 15.1. The molecule has 0 saturated carbocycles. The first-order valence-electron chi connectivity index (χ1n) is 7.71. The van der Waals surface area contributed by atoms with Gasteiger partial charge < -0.3 is 10.1 Å². The van der Waals surface area contributed by atoms with Gasteiger partial charge in [-0.25, -0.2) is 0 Å². The van der Waals surface area contributed by atoms with Crippen molar-refractivity contribution in [3.63, 3.8) is 0 Å². The molecule has 0 amide bonds. The number of ether oxygens (including phenoxy) is 1. The maximum atomic E-state index is 5.22. The minimum Gasteiger partial charge on any atom is -0.383 e. The second kappa shape index (κ2) is 8.49. The molecule has 0 saturated heterocycles. The standard InChI is InChI=1S/C17H26N2OS/c1-4-18-12-17-15(13-19(5-2)10-11-20-3)14-8-6-7-9-16(14)21-17/h6-9,18H,4-5,10-13H2,1-3H3. The Morgan fingerprint density at radius 2 is 2.05 bits per heavy atom. The molecule has 2 aromatic rings. The predicted octanol–water partition coefficient (Wildman–Crippen LogP) is 3.48. The summed E-state index contributed by atoms with van der Waals surface area (Å²) < 4.78 is 6.62. The minimum absolute atomic E-state index is 0.790. The van der Waals surface area contributed by atoms with E-state index in [1.165, 1.54) is 20.5 Å². The molecule has 3 nitrogen and oxygen atoms in total. The van der Waals surface area contributed by atoms with Gasteiger partial charge in [-0.3, -0.25) is 4.90 Å². The molecule has 2 rings (SSSR count). The first kappa shape index (κ1) is 16.4. The number of methoxy groups -OCH3 is 1. The minimum atomic E-state index is 0.790. The van der Waals surface area contributed by atoms with Crippen LogP contribution in [0, 0.1) is 0 Å². The van der Waals surface area contributed by atoms with E-state index in [0.717, 1.165) is 39.3 Å². The van der Waals surface area contributed by atoms with Gasteiger partial charge in [-0.1, -0.05) is 32.0 Å². The zero-order valence-electron chi connectivity index (χ0n) is 13.3. The first-order valence-corrected chi connectivity index (χ1v) is 8.53. The van der Waals surface area contributed by atoms with Crippen LogP contribution in [0.5, 0.6) is 0 Å². The maximum Gasteiger partial charge on any atom is 0.0589 e. The Kier molecular flexibility index (Phi) is 6.64. The van der Waals surface area contributed by atoms with E-state index in [1.54, 1.807) is 7.11 Å². The van der Waals surface area contributed by atoms with Crippen LogP contribution in [0.1, 0.15) is 24.3 Å². The Bertz CT molecular complexity index is 553. The molecule has 0 bridgehead atoms. The monoisotopic (exact) mass is 306 g/mol. The molecular weight excluding hydrogens is 280 g/mol. The number of nitrogens with zero attached hydrogens (tertiary/aromatic N) is 1. The highest BCUT2D eigenvalue weighted by molar-refractivity contribution is 7.19. The number of benzene rings is 1. The third-order valence-electron chi connectivity index (χ3n) is 3.76. The lowest BCUT2D eigenvalue weighted by molar-refractivity contribution is 0.147. The summed E-state index contributed by atoms with van der Waals surface area (Å²) in [6, 6.07) is 8.74. The van der Waals surface area contributed by atoms with Gasteiger partial charge in [0.05, 0.1) is 6.61 Å². The number of likely N-dealkylation sites (N-methyl/N-ethyl adjacent to an activating group) is 1. The van der Waals surface area contributed by atoms with E-state index >= 15 is 0 Å². The molecule has 116 valence electrons. The Hall–Kier alpha value is -0.940. The molecule has 0 radical (unpaired) electrons. The van der Waals surface area contributed by atoms with Crippen molar-refractivity contribution in [3.8, 4) is 0 Å². The van der Waals surface area contributed by atoms with Gasteiger partial charge in [-0.05, 0) is 30.1 Å². The van der Waals surface area contributed by atoms with Crippen molar-refractivity contribution in [1.29, 1.82) is 0 Å². The highest BCUT2D eigenvalue weighted by atomic mass is 32.1. The van der Waals surface area contributed by atoms with Crippen molar-refractivity contribution < 1.29 is 4.74 Å². The Morgan fingerprint density at radius 3 is 2.76 bits per heavy atom. The summed E-state index contributed by atoms with van der Waals surface area (Å²) in [5.41, 5.74) is 1.48. The molecule has 0 aliphatic carbocycles. The van der Waals surface area contributed by atoms with Gasteiger partial charge in [-0.15, -0.1) is 11.3 Å². The quantitative estimate of drug-likeness (QED) is 0.767. The predicted molar refractivity (Wildman–Crippen MR) is 92.0 cm³/mol. The fourth-order valence-corrected chi connectivity index (χ4v) is 3.68. The smallest absolute Gasteiger partial charge is 0.0589 e. The van der Waals surface area contributed by atoms with Crippen LogP contribution in [0.2, 0.25) is 0 Å². The second-order valence-electron chi connectivity index (χ2n) is 5.14. The third-order valence-corrected chi connectivity index (χ3v) is 4.97. The molecule has 1 aromatic heterocycles. The van der Waals surface area contributed by atoms with Crippen LogP contribution in [0.4, 0.5) is 0 Å². The summed E-state index contributed by atoms with van der Waals surface area (Å²) in [4.78, 5) is 3.92. The van der Waals surface area contributed by atoms with Crippen LogP contribution in [-0.2, 0) is 17.8 Å². The van der Waals surface area contributed by atoms with Crippen molar-refractivity contribution in [2.45, 2.75) is 26.9 Å². The lowest BCUT2D eigenvalue weighted by Crippen LogP contribution is -2.27. The molecule has 0 aliphatic rings. The number of hydrogen-bond acceptors (Lipinski definition) is 4. The highest BCUT2D eigenvalue weighted by Crippen LogP contribution is 2.32. The third kappa shape index (κ3) is 4.27. The summed E-state index contributed by atoms with van der Waals surface area (Å²) in [5.74, 6) is 0. The molecule has 0 fully saturated rings. The van der Waals surface area contributed by atoms with Crippen molar-refractivity contribution in [2.24, 2.45) is 0 Å². The van der Waals surface area contributed by atoms with Crippen molar-refractivity contribution in [3.05, 3.63) is 34.7 Å². The average molecular weight is 306 g/mol. The molecule has 4 heteroatoms. The molecule has 1 heterocycles. The molecule has 1 N–H and O–H groups in total. The number of rotatable bonds is 9. The summed E-state index contributed by atoms with van der Waals surface area (Å²) in [6.45, 7) is 10.2. The van der Waals surface area contributed by atoms with Crippen molar-refractivity contribution in [2.75, 3.05) is 33.4 Å².